The van der Waals surface area contributed by atoms with E-state index in [0.29, 0.717) is 29.9 Å². The number of ether oxygens (including phenoxy) is 2. The van der Waals surface area contributed by atoms with Gasteiger partial charge in [-0.15, -0.1) is 0 Å². The van der Waals surface area contributed by atoms with Gasteiger partial charge < -0.3 is 9.47 Å². The summed E-state index contributed by atoms with van der Waals surface area (Å²) in [5, 5.41) is 4.57. The van der Waals surface area contributed by atoms with E-state index in [1.54, 1.807) is 6.21 Å². The Morgan fingerprint density at radius 1 is 1.28 bits per heavy atom. The summed E-state index contributed by atoms with van der Waals surface area (Å²) in [6.45, 7) is 4.82. The van der Waals surface area contributed by atoms with Crippen LogP contribution in [-0.2, 0) is 4.79 Å². The fourth-order valence-electron chi connectivity index (χ4n) is 2.29. The van der Waals surface area contributed by atoms with Gasteiger partial charge in [-0.3, -0.25) is 4.79 Å². The van der Waals surface area contributed by atoms with Crippen molar-refractivity contribution >= 4 is 23.9 Å². The fraction of sp³-hybridized carbons (Fsp3) is 0.294. The average Bonchev–Trinajstić information content (AvgIpc) is 2.59. The van der Waals surface area contributed by atoms with Gasteiger partial charge in [-0.2, -0.15) is 5.10 Å². The minimum absolute atomic E-state index is 0.187. The van der Waals surface area contributed by atoms with Gasteiger partial charge >= 0.3 is 0 Å². The van der Waals surface area contributed by atoms with Crippen molar-refractivity contribution in [3.63, 3.8) is 0 Å². The van der Waals surface area contributed by atoms with E-state index in [2.05, 4.69) is 20.5 Å². The maximum absolute atomic E-state index is 11.9. The third-order valence-electron chi connectivity index (χ3n) is 3.28. The molecule has 25 heavy (non-hydrogen) atoms. The van der Waals surface area contributed by atoms with Crippen LogP contribution in [0.5, 0.6) is 11.5 Å². The van der Waals surface area contributed by atoms with Crippen LogP contribution in [0, 0.1) is 13.8 Å². The number of amides is 1. The molecule has 130 valence electrons. The fourth-order valence-corrected chi connectivity index (χ4v) is 3.03. The number of benzene rings is 1. The molecule has 0 spiro atoms. The molecule has 2 heterocycles. The standard InChI is InChI=1S/C17H18N4O3S/c1-11-8-12(2)20-17(19-11)25-10-15(22)21-18-9-13-4-3-5-14-16(13)24-7-6-23-14/h3-5,8-9H,6-7,10H2,1-2H3,(H,21,22)/b18-9-. The normalized spacial score (nSPS) is 13.0. The number of rotatable bonds is 5. The smallest absolute Gasteiger partial charge is 0.250 e. The lowest BCUT2D eigenvalue weighted by Crippen LogP contribution is -2.20. The van der Waals surface area contributed by atoms with Crippen LogP contribution in [0.3, 0.4) is 0 Å². The zero-order chi connectivity index (χ0) is 17.6. The lowest BCUT2D eigenvalue weighted by Gasteiger charge is -2.19. The maximum Gasteiger partial charge on any atom is 0.250 e. The second-order valence-corrected chi connectivity index (χ2v) is 6.33. The van der Waals surface area contributed by atoms with Gasteiger partial charge in [0.25, 0.3) is 5.91 Å². The number of hydrazone groups is 1. The SMILES string of the molecule is Cc1cc(C)nc(SCC(=O)N/N=C\c2cccc3c2OCCO3)n1. The molecule has 0 atom stereocenters. The number of nitrogens with zero attached hydrogens (tertiary/aromatic N) is 3. The first-order valence-electron chi connectivity index (χ1n) is 7.77. The van der Waals surface area contributed by atoms with Crippen molar-refractivity contribution < 1.29 is 14.3 Å². The largest absolute Gasteiger partial charge is 0.486 e. The van der Waals surface area contributed by atoms with Crippen molar-refractivity contribution in [2.45, 2.75) is 19.0 Å². The van der Waals surface area contributed by atoms with Gasteiger partial charge in [-0.1, -0.05) is 17.8 Å². The van der Waals surface area contributed by atoms with Crippen molar-refractivity contribution in [3.8, 4) is 11.5 Å². The summed E-state index contributed by atoms with van der Waals surface area (Å²) in [5.74, 6) is 1.28. The number of para-hydroxylation sites is 1. The van der Waals surface area contributed by atoms with Crippen LogP contribution >= 0.6 is 11.8 Å². The predicted molar refractivity (Wildman–Crippen MR) is 95.4 cm³/mol. The zero-order valence-corrected chi connectivity index (χ0v) is 14.8. The summed E-state index contributed by atoms with van der Waals surface area (Å²) in [6.07, 6.45) is 1.55. The number of hydrogen-bond donors (Lipinski definition) is 1. The van der Waals surface area contributed by atoms with E-state index in [4.69, 9.17) is 9.47 Å². The molecule has 1 amide bonds. The Hall–Kier alpha value is -2.61. The zero-order valence-electron chi connectivity index (χ0n) is 14.0. The van der Waals surface area contributed by atoms with E-state index in [1.807, 2.05) is 38.1 Å². The van der Waals surface area contributed by atoms with Crippen LogP contribution in [-0.4, -0.2) is 41.1 Å². The molecule has 0 radical (unpaired) electrons. The van der Waals surface area contributed by atoms with E-state index in [-0.39, 0.29) is 11.7 Å². The second kappa shape index (κ2) is 7.98. The molecule has 0 fully saturated rings. The molecule has 1 aromatic heterocycles. The first-order valence-corrected chi connectivity index (χ1v) is 8.76. The van der Waals surface area contributed by atoms with E-state index >= 15 is 0 Å². The van der Waals surface area contributed by atoms with Crippen molar-refractivity contribution in [3.05, 3.63) is 41.2 Å². The molecule has 1 aromatic carbocycles. The Morgan fingerprint density at radius 2 is 2.04 bits per heavy atom. The highest BCUT2D eigenvalue weighted by molar-refractivity contribution is 7.99. The van der Waals surface area contributed by atoms with Gasteiger partial charge in [0.2, 0.25) is 0 Å². The first-order chi connectivity index (χ1) is 12.1. The van der Waals surface area contributed by atoms with Gasteiger partial charge in [0, 0.05) is 17.0 Å². The van der Waals surface area contributed by atoms with Gasteiger partial charge in [0.1, 0.15) is 13.2 Å². The molecule has 0 unspecified atom stereocenters. The summed E-state index contributed by atoms with van der Waals surface area (Å²) >= 11 is 1.27. The number of aromatic nitrogens is 2. The van der Waals surface area contributed by atoms with Gasteiger partial charge in [-0.05, 0) is 32.0 Å². The number of hydrogen-bond acceptors (Lipinski definition) is 7. The van der Waals surface area contributed by atoms with Crippen molar-refractivity contribution in [2.24, 2.45) is 5.10 Å². The quantitative estimate of drug-likeness (QED) is 0.381. The molecule has 1 aliphatic heterocycles. The first kappa shape index (κ1) is 17.2. The molecule has 3 rings (SSSR count). The lowest BCUT2D eigenvalue weighted by atomic mass is 10.2. The number of carbonyl (C=O) groups is 1. The average molecular weight is 358 g/mol. The molecule has 1 aliphatic rings. The summed E-state index contributed by atoms with van der Waals surface area (Å²) < 4.78 is 11.1. The predicted octanol–water partition coefficient (Wildman–Crippen LogP) is 2.11. The molecule has 7 nitrogen and oxygen atoms in total. The summed E-state index contributed by atoms with van der Waals surface area (Å²) in [7, 11) is 0. The molecule has 8 heteroatoms. The number of nitrogens with one attached hydrogen (secondary N) is 1. The Bertz CT molecular complexity index is 790. The molecular formula is C17H18N4O3S. The third-order valence-corrected chi connectivity index (χ3v) is 4.13. The monoisotopic (exact) mass is 358 g/mol. The molecule has 1 N–H and O–H groups in total. The topological polar surface area (TPSA) is 85.7 Å². The van der Waals surface area contributed by atoms with Crippen LogP contribution in [0.2, 0.25) is 0 Å². The maximum atomic E-state index is 11.9. The van der Waals surface area contributed by atoms with E-state index in [9.17, 15) is 4.79 Å². The summed E-state index contributed by atoms with van der Waals surface area (Å²) in [4.78, 5) is 20.5. The third kappa shape index (κ3) is 4.69. The second-order valence-electron chi connectivity index (χ2n) is 5.39. The Labute approximate surface area is 149 Å². The number of carbonyl (C=O) groups excluding carboxylic acids is 1. The Balaban J connectivity index is 1.55. The summed E-state index contributed by atoms with van der Waals surface area (Å²) in [6, 6.07) is 7.43. The van der Waals surface area contributed by atoms with Crippen LogP contribution in [0.25, 0.3) is 0 Å². The van der Waals surface area contributed by atoms with Crippen molar-refractivity contribution in [1.82, 2.24) is 15.4 Å². The minimum atomic E-state index is -0.231. The minimum Gasteiger partial charge on any atom is -0.486 e. The molecule has 0 saturated carbocycles. The highest BCUT2D eigenvalue weighted by Gasteiger charge is 2.14. The van der Waals surface area contributed by atoms with Crippen LogP contribution in [0.4, 0.5) is 0 Å². The molecule has 0 bridgehead atoms. The van der Waals surface area contributed by atoms with Crippen molar-refractivity contribution in [1.29, 1.82) is 0 Å². The number of fused-ring (bicyclic) bond motifs is 1. The number of aryl methyl sites for hydroxylation is 2. The molecular weight excluding hydrogens is 340 g/mol. The Kier molecular flexibility index (Phi) is 5.49. The lowest BCUT2D eigenvalue weighted by molar-refractivity contribution is -0.118. The molecule has 0 saturated heterocycles. The highest BCUT2D eigenvalue weighted by atomic mass is 32.2. The Morgan fingerprint density at radius 3 is 2.84 bits per heavy atom. The van der Waals surface area contributed by atoms with E-state index < -0.39 is 0 Å². The van der Waals surface area contributed by atoms with E-state index in [1.165, 1.54) is 11.8 Å². The van der Waals surface area contributed by atoms with Crippen molar-refractivity contribution in [2.75, 3.05) is 19.0 Å². The van der Waals surface area contributed by atoms with Crippen LogP contribution < -0.4 is 14.9 Å². The molecule has 0 aliphatic carbocycles. The van der Waals surface area contributed by atoms with E-state index in [0.717, 1.165) is 17.0 Å². The van der Waals surface area contributed by atoms with Crippen LogP contribution in [0.1, 0.15) is 17.0 Å². The highest BCUT2D eigenvalue weighted by Crippen LogP contribution is 2.32. The summed E-state index contributed by atoms with van der Waals surface area (Å²) in [5.41, 5.74) is 5.01. The number of thioether (sulfide) groups is 1. The van der Waals surface area contributed by atoms with Gasteiger partial charge in [-0.25, -0.2) is 15.4 Å². The van der Waals surface area contributed by atoms with Gasteiger partial charge in [0.05, 0.1) is 12.0 Å². The van der Waals surface area contributed by atoms with Crippen LogP contribution in [0.15, 0.2) is 34.5 Å². The molecule has 2 aromatic rings. The van der Waals surface area contributed by atoms with Gasteiger partial charge in [0.15, 0.2) is 16.7 Å².